The molecule has 0 saturated heterocycles. The molecule has 0 amide bonds. The Balaban J connectivity index is 2.39. The smallest absolute Gasteiger partial charge is 0.284 e. The molecule has 0 unspecified atom stereocenters. The van der Waals surface area contributed by atoms with Gasteiger partial charge in [0.05, 0.1) is 32.1 Å². The number of nitrogens with zero attached hydrogens (tertiary/aromatic N) is 4. The Morgan fingerprint density at radius 3 is 1.96 bits per heavy atom. The first-order chi connectivity index (χ1) is 11.3. The zero-order valence-electron chi connectivity index (χ0n) is 11.7. The number of benzene rings is 2. The van der Waals surface area contributed by atoms with E-state index in [0.29, 0.717) is 5.56 Å². The summed E-state index contributed by atoms with van der Waals surface area (Å²) in [4.78, 5) is 31.1. The molecule has 0 aromatic heterocycles. The molecule has 2 aromatic rings. The summed E-state index contributed by atoms with van der Waals surface area (Å²) in [6, 6.07) is 5.65. The summed E-state index contributed by atoms with van der Waals surface area (Å²) in [5, 5.41) is 36.8. The van der Waals surface area contributed by atoms with E-state index in [2.05, 4.69) is 5.10 Å². The molecule has 0 saturated carbocycles. The lowest BCUT2D eigenvalue weighted by Crippen LogP contribution is -2.04. The molecule has 3 rings (SSSR count). The average Bonchev–Trinajstić information content (AvgIpc) is 2.86. The van der Waals surface area contributed by atoms with Crippen LogP contribution in [0.15, 0.2) is 35.4 Å². The van der Waals surface area contributed by atoms with Gasteiger partial charge in [-0.1, -0.05) is 0 Å². The van der Waals surface area contributed by atoms with E-state index in [-0.39, 0.29) is 28.1 Å². The van der Waals surface area contributed by atoms with E-state index in [1.165, 1.54) is 18.2 Å². The molecule has 0 fully saturated rings. The molecule has 0 bridgehead atoms. The Morgan fingerprint density at radius 1 is 0.792 bits per heavy atom. The highest BCUT2D eigenvalue weighted by Gasteiger charge is 2.35. The number of hydrogen-bond donors (Lipinski definition) is 1. The van der Waals surface area contributed by atoms with Crippen LogP contribution in [0.25, 0.3) is 11.1 Å². The number of hydrazone groups is 1. The van der Waals surface area contributed by atoms with Crippen molar-refractivity contribution in [3.63, 3.8) is 0 Å². The van der Waals surface area contributed by atoms with Gasteiger partial charge in [0.15, 0.2) is 0 Å². The third-order valence-electron chi connectivity index (χ3n) is 3.63. The third kappa shape index (κ3) is 2.03. The van der Waals surface area contributed by atoms with Crippen LogP contribution in [0, 0.1) is 30.3 Å². The summed E-state index contributed by atoms with van der Waals surface area (Å²) in [7, 11) is 0. The van der Waals surface area contributed by atoms with Gasteiger partial charge in [-0.05, 0) is 11.6 Å². The summed E-state index contributed by atoms with van der Waals surface area (Å²) in [6.07, 6.45) is 0. The quantitative estimate of drug-likeness (QED) is 0.435. The Bertz CT molecular complexity index is 968. The highest BCUT2D eigenvalue weighted by atomic mass is 16.6. The molecular formula is C13H7N5O6. The lowest BCUT2D eigenvalue weighted by molar-refractivity contribution is -0.393. The summed E-state index contributed by atoms with van der Waals surface area (Å²) in [5.41, 5.74) is -0.507. The van der Waals surface area contributed by atoms with Crippen molar-refractivity contribution < 1.29 is 14.8 Å². The van der Waals surface area contributed by atoms with E-state index in [9.17, 15) is 30.3 Å². The minimum Gasteiger partial charge on any atom is -0.323 e. The predicted molar refractivity (Wildman–Crippen MR) is 81.7 cm³/mol. The van der Waals surface area contributed by atoms with Gasteiger partial charge in [0.1, 0.15) is 0 Å². The summed E-state index contributed by atoms with van der Waals surface area (Å²) in [5.74, 6) is 5.32. The van der Waals surface area contributed by atoms with E-state index in [0.717, 1.165) is 12.1 Å². The first kappa shape index (κ1) is 15.0. The number of hydrogen-bond acceptors (Lipinski definition) is 8. The molecule has 0 atom stereocenters. The molecule has 0 spiro atoms. The molecule has 1 aliphatic carbocycles. The maximum Gasteiger partial charge on any atom is 0.284 e. The summed E-state index contributed by atoms with van der Waals surface area (Å²) >= 11 is 0. The largest absolute Gasteiger partial charge is 0.323 e. The normalized spacial score (nSPS) is 13.4. The van der Waals surface area contributed by atoms with E-state index in [4.69, 9.17) is 5.84 Å². The molecule has 2 aromatic carbocycles. The van der Waals surface area contributed by atoms with Gasteiger partial charge < -0.3 is 5.84 Å². The predicted octanol–water partition coefficient (Wildman–Crippen LogP) is 2.10. The fourth-order valence-electron chi connectivity index (χ4n) is 2.68. The fourth-order valence-corrected chi connectivity index (χ4v) is 2.68. The molecule has 11 nitrogen and oxygen atoms in total. The van der Waals surface area contributed by atoms with Gasteiger partial charge in [-0.2, -0.15) is 5.10 Å². The Hall–Kier alpha value is -3.89. The second-order valence-corrected chi connectivity index (χ2v) is 4.87. The van der Waals surface area contributed by atoms with Crippen molar-refractivity contribution in [2.24, 2.45) is 10.9 Å². The number of nitro groups is 3. The van der Waals surface area contributed by atoms with Crippen molar-refractivity contribution in [1.82, 2.24) is 0 Å². The van der Waals surface area contributed by atoms with Crippen LogP contribution in [-0.2, 0) is 0 Å². The monoisotopic (exact) mass is 329 g/mol. The van der Waals surface area contributed by atoms with Crippen molar-refractivity contribution in [3.8, 4) is 11.1 Å². The van der Waals surface area contributed by atoms with Gasteiger partial charge in [-0.25, -0.2) is 0 Å². The second kappa shape index (κ2) is 5.08. The number of fused-ring (bicyclic) bond motifs is 3. The lowest BCUT2D eigenvalue weighted by Gasteiger charge is -2.02. The lowest BCUT2D eigenvalue weighted by atomic mass is 10.0. The number of nitro benzene ring substituents is 3. The van der Waals surface area contributed by atoms with Gasteiger partial charge in [0.25, 0.3) is 17.1 Å². The second-order valence-electron chi connectivity index (χ2n) is 4.87. The maximum absolute atomic E-state index is 11.3. The summed E-state index contributed by atoms with van der Waals surface area (Å²) in [6.45, 7) is 0. The van der Waals surface area contributed by atoms with Crippen LogP contribution < -0.4 is 5.84 Å². The van der Waals surface area contributed by atoms with Crippen molar-refractivity contribution in [1.29, 1.82) is 0 Å². The molecule has 0 heterocycles. The van der Waals surface area contributed by atoms with Gasteiger partial charge in [0, 0.05) is 29.3 Å². The minimum atomic E-state index is -0.771. The SMILES string of the molecule is NN=C1c2cc([N+](=O)[O-])ccc2-c2c1cc([N+](=O)[O-])cc2[N+](=O)[O-]. The Morgan fingerprint density at radius 2 is 1.42 bits per heavy atom. The zero-order chi connectivity index (χ0) is 17.6. The van der Waals surface area contributed by atoms with Gasteiger partial charge in [-0.3, -0.25) is 30.3 Å². The topological polar surface area (TPSA) is 168 Å². The van der Waals surface area contributed by atoms with Crippen LogP contribution in [0.3, 0.4) is 0 Å². The Labute approximate surface area is 132 Å². The van der Waals surface area contributed by atoms with Crippen molar-refractivity contribution in [2.45, 2.75) is 0 Å². The van der Waals surface area contributed by atoms with E-state index < -0.39 is 26.1 Å². The van der Waals surface area contributed by atoms with E-state index in [1.54, 1.807) is 0 Å². The van der Waals surface area contributed by atoms with Crippen LogP contribution >= 0.6 is 0 Å². The standard InChI is InChI=1S/C13H7N5O6/c14-15-13-9-3-6(16(19)20)1-2-8(9)12-10(13)4-7(17(21)22)5-11(12)18(23)24/h1-5H,14H2. The molecule has 0 radical (unpaired) electrons. The van der Waals surface area contributed by atoms with Crippen LogP contribution in [0.4, 0.5) is 17.1 Å². The molecular weight excluding hydrogens is 322 g/mol. The number of non-ortho nitro benzene ring substituents is 2. The average molecular weight is 329 g/mol. The Kier molecular flexibility index (Phi) is 3.18. The van der Waals surface area contributed by atoms with E-state index in [1.807, 2.05) is 0 Å². The van der Waals surface area contributed by atoms with Crippen molar-refractivity contribution in [2.75, 3.05) is 0 Å². The van der Waals surface area contributed by atoms with Crippen LogP contribution in [-0.4, -0.2) is 20.5 Å². The molecule has 24 heavy (non-hydrogen) atoms. The molecule has 2 N–H and O–H groups in total. The van der Waals surface area contributed by atoms with Crippen molar-refractivity contribution in [3.05, 3.63) is 71.8 Å². The molecule has 0 aliphatic heterocycles. The highest BCUT2D eigenvalue weighted by Crippen LogP contribution is 2.45. The highest BCUT2D eigenvalue weighted by molar-refractivity contribution is 6.26. The van der Waals surface area contributed by atoms with Gasteiger partial charge in [0.2, 0.25) is 0 Å². The van der Waals surface area contributed by atoms with Gasteiger partial charge in [-0.15, -0.1) is 0 Å². The number of nitrogens with two attached hydrogens (primary N) is 1. The minimum absolute atomic E-state index is 0.0236. The van der Waals surface area contributed by atoms with Crippen molar-refractivity contribution >= 4 is 22.8 Å². The summed E-state index contributed by atoms with van der Waals surface area (Å²) < 4.78 is 0. The first-order valence-electron chi connectivity index (χ1n) is 6.39. The molecule has 120 valence electrons. The van der Waals surface area contributed by atoms with Crippen LogP contribution in [0.2, 0.25) is 0 Å². The maximum atomic E-state index is 11.3. The number of rotatable bonds is 3. The van der Waals surface area contributed by atoms with Crippen LogP contribution in [0.1, 0.15) is 11.1 Å². The third-order valence-corrected chi connectivity index (χ3v) is 3.63. The molecule has 1 aliphatic rings. The van der Waals surface area contributed by atoms with Gasteiger partial charge >= 0.3 is 0 Å². The molecule has 11 heteroatoms. The first-order valence-corrected chi connectivity index (χ1v) is 6.39. The fraction of sp³-hybridized carbons (Fsp3) is 0. The van der Waals surface area contributed by atoms with E-state index >= 15 is 0 Å². The zero-order valence-corrected chi connectivity index (χ0v) is 11.7. The van der Waals surface area contributed by atoms with Crippen LogP contribution in [0.5, 0.6) is 0 Å².